The Hall–Kier alpha value is -4.76. The number of carbonyl (C=O) groups excluding carboxylic acids is 2. The van der Waals surface area contributed by atoms with Crippen molar-refractivity contribution in [2.24, 2.45) is 4.99 Å². The highest BCUT2D eigenvalue weighted by Gasteiger charge is 2.32. The van der Waals surface area contributed by atoms with E-state index in [0.717, 1.165) is 22.4 Å². The molecule has 1 amide bonds. The van der Waals surface area contributed by atoms with E-state index in [-0.39, 0.29) is 24.0 Å². The van der Waals surface area contributed by atoms with E-state index >= 15 is 0 Å². The number of anilines is 1. The summed E-state index contributed by atoms with van der Waals surface area (Å²) >= 11 is 1.26. The first-order valence-corrected chi connectivity index (χ1v) is 14.4. The molecule has 1 aliphatic rings. The average Bonchev–Trinajstić information content (AvgIpc) is 3.30. The van der Waals surface area contributed by atoms with Crippen LogP contribution in [0.1, 0.15) is 49.4 Å². The molecular formula is C33H31N3O5S. The minimum Gasteiger partial charge on any atom is -0.484 e. The molecule has 9 heteroatoms. The fourth-order valence-corrected chi connectivity index (χ4v) is 5.95. The Labute approximate surface area is 247 Å². The number of esters is 1. The molecule has 8 nitrogen and oxygen atoms in total. The summed E-state index contributed by atoms with van der Waals surface area (Å²) in [5.41, 5.74) is 4.01. The third-order valence-corrected chi connectivity index (χ3v) is 7.93. The van der Waals surface area contributed by atoms with Gasteiger partial charge in [0.2, 0.25) is 0 Å². The van der Waals surface area contributed by atoms with Crippen molar-refractivity contribution in [3.8, 4) is 5.75 Å². The number of ether oxygens (including phenoxy) is 2. The standard InChI is InChI=1S/C33H31N3O5S/c1-20(2)25-12-8-9-13-26(25)35-28(37)19-41-24-16-14-22(15-17-24)18-27-31(38)36-30(23-10-6-5-7-11-23)29(32(39)40-4)21(3)34-33(36)42-27/h5-18,20,30H,19H2,1-4H3,(H,35,37). The van der Waals surface area contributed by atoms with Gasteiger partial charge in [0.25, 0.3) is 11.5 Å². The van der Waals surface area contributed by atoms with Crippen molar-refractivity contribution in [1.29, 1.82) is 0 Å². The lowest BCUT2D eigenvalue weighted by atomic mass is 9.96. The van der Waals surface area contributed by atoms with Crippen LogP contribution in [0, 0.1) is 0 Å². The summed E-state index contributed by atoms with van der Waals surface area (Å²) in [5.74, 6) is 0.0419. The van der Waals surface area contributed by atoms with E-state index < -0.39 is 12.0 Å². The highest BCUT2D eigenvalue weighted by atomic mass is 32.1. The second-order valence-electron chi connectivity index (χ2n) is 10.1. The predicted molar refractivity (Wildman–Crippen MR) is 163 cm³/mol. The number of amides is 1. The zero-order valence-corrected chi connectivity index (χ0v) is 24.6. The number of nitrogens with zero attached hydrogens (tertiary/aromatic N) is 2. The third-order valence-electron chi connectivity index (χ3n) is 6.95. The Morgan fingerprint density at radius 3 is 2.40 bits per heavy atom. The van der Waals surface area contributed by atoms with E-state index in [4.69, 9.17) is 9.47 Å². The number of rotatable bonds is 8. The number of para-hydroxylation sites is 1. The van der Waals surface area contributed by atoms with Crippen LogP contribution < -0.4 is 24.9 Å². The molecule has 0 saturated heterocycles. The van der Waals surface area contributed by atoms with Crippen molar-refractivity contribution in [3.05, 3.63) is 127 Å². The molecule has 0 saturated carbocycles. The fraction of sp³-hybridized carbons (Fsp3) is 0.212. The maximum absolute atomic E-state index is 13.7. The van der Waals surface area contributed by atoms with Crippen molar-refractivity contribution in [2.45, 2.75) is 32.7 Å². The van der Waals surface area contributed by atoms with Gasteiger partial charge in [0, 0.05) is 5.69 Å². The lowest BCUT2D eigenvalue weighted by Crippen LogP contribution is -2.39. The first-order valence-electron chi connectivity index (χ1n) is 13.5. The minimum atomic E-state index is -0.647. The number of carbonyl (C=O) groups is 2. The Kier molecular flexibility index (Phi) is 8.49. The fourth-order valence-electron chi connectivity index (χ4n) is 4.90. The maximum Gasteiger partial charge on any atom is 0.338 e. The number of aromatic nitrogens is 1. The molecule has 0 spiro atoms. The molecule has 0 fully saturated rings. The smallest absolute Gasteiger partial charge is 0.338 e. The quantitative estimate of drug-likeness (QED) is 0.308. The van der Waals surface area contributed by atoms with E-state index in [2.05, 4.69) is 24.2 Å². The second kappa shape index (κ2) is 12.4. The van der Waals surface area contributed by atoms with Crippen molar-refractivity contribution in [3.63, 3.8) is 0 Å². The highest BCUT2D eigenvalue weighted by molar-refractivity contribution is 7.07. The molecule has 1 aromatic heterocycles. The summed E-state index contributed by atoms with van der Waals surface area (Å²) in [6.07, 6.45) is 1.78. The summed E-state index contributed by atoms with van der Waals surface area (Å²) in [7, 11) is 1.32. The van der Waals surface area contributed by atoms with E-state index in [1.54, 1.807) is 29.7 Å². The van der Waals surface area contributed by atoms with Crippen LogP contribution in [0.2, 0.25) is 0 Å². The van der Waals surface area contributed by atoms with Crippen LogP contribution in [-0.4, -0.2) is 30.2 Å². The molecule has 4 aromatic rings. The summed E-state index contributed by atoms with van der Waals surface area (Å²) in [6, 6.07) is 23.6. The van der Waals surface area contributed by atoms with Gasteiger partial charge in [-0.2, -0.15) is 0 Å². The number of nitrogens with one attached hydrogen (secondary N) is 1. The first-order chi connectivity index (χ1) is 20.3. The molecule has 0 radical (unpaired) electrons. The number of methoxy groups -OCH3 is 1. The van der Waals surface area contributed by atoms with E-state index in [1.807, 2.05) is 66.7 Å². The van der Waals surface area contributed by atoms with E-state index in [9.17, 15) is 14.4 Å². The van der Waals surface area contributed by atoms with Gasteiger partial charge in [-0.1, -0.05) is 85.8 Å². The SMILES string of the molecule is COC(=O)C1=C(C)N=c2sc(=Cc3ccc(OCC(=O)Nc4ccccc4C(C)C)cc3)c(=O)n2C1c1ccccc1. The second-order valence-corrected chi connectivity index (χ2v) is 11.1. The molecule has 5 rings (SSSR count). The van der Waals surface area contributed by atoms with Gasteiger partial charge in [-0.3, -0.25) is 14.2 Å². The third kappa shape index (κ3) is 5.96. The Morgan fingerprint density at radius 2 is 1.71 bits per heavy atom. The molecule has 1 aliphatic heterocycles. The van der Waals surface area contributed by atoms with Crippen LogP contribution in [0.25, 0.3) is 6.08 Å². The van der Waals surface area contributed by atoms with E-state index in [1.165, 1.54) is 18.4 Å². The molecule has 1 atom stereocenters. The van der Waals surface area contributed by atoms with E-state index in [0.29, 0.717) is 26.4 Å². The van der Waals surface area contributed by atoms with Gasteiger partial charge < -0.3 is 14.8 Å². The molecule has 1 unspecified atom stereocenters. The topological polar surface area (TPSA) is 99.0 Å². The van der Waals surface area contributed by atoms with Gasteiger partial charge in [0.15, 0.2) is 11.4 Å². The van der Waals surface area contributed by atoms with Crippen LogP contribution in [0.3, 0.4) is 0 Å². The van der Waals surface area contributed by atoms with Crippen LogP contribution in [0.15, 0.2) is 99.9 Å². The number of allylic oxidation sites excluding steroid dienone is 1. The average molecular weight is 582 g/mol. The largest absolute Gasteiger partial charge is 0.484 e. The van der Waals surface area contributed by atoms with Crippen LogP contribution in [0.4, 0.5) is 5.69 Å². The Balaban J connectivity index is 1.37. The van der Waals surface area contributed by atoms with Gasteiger partial charge in [-0.05, 0) is 53.8 Å². The molecular weight excluding hydrogens is 550 g/mol. The predicted octanol–water partition coefficient (Wildman–Crippen LogP) is 4.55. The summed E-state index contributed by atoms with van der Waals surface area (Å²) in [6.45, 7) is 5.77. The number of benzene rings is 3. The number of hydrogen-bond donors (Lipinski definition) is 1. The van der Waals surface area contributed by atoms with Crippen molar-refractivity contribution >= 4 is 35.0 Å². The summed E-state index contributed by atoms with van der Waals surface area (Å²) < 4.78 is 12.8. The molecule has 0 bridgehead atoms. The maximum atomic E-state index is 13.7. The van der Waals surface area contributed by atoms with Gasteiger partial charge in [0.05, 0.1) is 29.0 Å². The van der Waals surface area contributed by atoms with Gasteiger partial charge in [0.1, 0.15) is 5.75 Å². The van der Waals surface area contributed by atoms with Crippen LogP contribution in [-0.2, 0) is 14.3 Å². The Morgan fingerprint density at radius 1 is 1.02 bits per heavy atom. The molecule has 2 heterocycles. The van der Waals surface area contributed by atoms with Gasteiger partial charge in [-0.25, -0.2) is 9.79 Å². The number of fused-ring (bicyclic) bond motifs is 1. The monoisotopic (exact) mass is 581 g/mol. The molecule has 3 aromatic carbocycles. The number of hydrogen-bond acceptors (Lipinski definition) is 7. The summed E-state index contributed by atoms with van der Waals surface area (Å²) in [4.78, 5) is 44.0. The lowest BCUT2D eigenvalue weighted by Gasteiger charge is -2.24. The van der Waals surface area contributed by atoms with Gasteiger partial charge >= 0.3 is 5.97 Å². The van der Waals surface area contributed by atoms with Gasteiger partial charge in [-0.15, -0.1) is 0 Å². The zero-order chi connectivity index (χ0) is 29.8. The number of thiazole rings is 1. The normalized spacial score (nSPS) is 14.8. The molecule has 42 heavy (non-hydrogen) atoms. The zero-order valence-electron chi connectivity index (χ0n) is 23.8. The first kappa shape index (κ1) is 28.8. The van der Waals surface area contributed by atoms with Crippen molar-refractivity contribution < 1.29 is 19.1 Å². The lowest BCUT2D eigenvalue weighted by molar-refractivity contribution is -0.136. The molecule has 214 valence electrons. The molecule has 1 N–H and O–H groups in total. The highest BCUT2D eigenvalue weighted by Crippen LogP contribution is 2.30. The Bertz CT molecular complexity index is 1840. The molecule has 0 aliphatic carbocycles. The van der Waals surface area contributed by atoms with Crippen molar-refractivity contribution in [1.82, 2.24) is 4.57 Å². The summed E-state index contributed by atoms with van der Waals surface area (Å²) in [5, 5.41) is 2.92. The van der Waals surface area contributed by atoms with Crippen LogP contribution in [0.5, 0.6) is 5.75 Å². The van der Waals surface area contributed by atoms with Crippen LogP contribution >= 0.6 is 11.3 Å². The minimum absolute atomic E-state index is 0.133. The van der Waals surface area contributed by atoms with Crippen molar-refractivity contribution in [2.75, 3.05) is 19.0 Å².